The second-order valence-corrected chi connectivity index (χ2v) is 11.1. The summed E-state index contributed by atoms with van der Waals surface area (Å²) in [6, 6.07) is 13.8. The number of benzene rings is 2. The van der Waals surface area contributed by atoms with E-state index < -0.39 is 10.0 Å². The van der Waals surface area contributed by atoms with Gasteiger partial charge in [-0.15, -0.1) is 0 Å². The van der Waals surface area contributed by atoms with E-state index in [0.29, 0.717) is 18.5 Å². The molecule has 7 nitrogen and oxygen atoms in total. The Bertz CT molecular complexity index is 1350. The van der Waals surface area contributed by atoms with Crippen LogP contribution in [0.2, 0.25) is 0 Å². The van der Waals surface area contributed by atoms with Crippen LogP contribution in [0.1, 0.15) is 46.5 Å². The first-order valence-electron chi connectivity index (χ1n) is 11.7. The maximum atomic E-state index is 13.5. The molecule has 1 fully saturated rings. The number of amides is 1. The smallest absolute Gasteiger partial charge is 0.248 e. The summed E-state index contributed by atoms with van der Waals surface area (Å²) in [5, 5.41) is 6.93. The highest BCUT2D eigenvalue weighted by Crippen LogP contribution is 2.30. The Hall–Kier alpha value is -3.23. The molecule has 1 amide bonds. The Morgan fingerprint density at radius 2 is 1.66 bits per heavy atom. The molecule has 0 aliphatic carbocycles. The van der Waals surface area contributed by atoms with Gasteiger partial charge in [0.15, 0.2) is 10.7 Å². The molecule has 0 unspecified atom stereocenters. The largest absolute Gasteiger partial charge is 0.355 e. The summed E-state index contributed by atoms with van der Waals surface area (Å²) in [6.07, 6.45) is 4.35. The number of nitrogens with zero attached hydrogens (tertiary/aromatic N) is 2. The fourth-order valence-corrected chi connectivity index (χ4v) is 5.96. The third-order valence-corrected chi connectivity index (χ3v) is 8.47. The van der Waals surface area contributed by atoms with E-state index in [2.05, 4.69) is 10.5 Å². The van der Waals surface area contributed by atoms with Crippen molar-refractivity contribution in [2.24, 2.45) is 5.92 Å². The molecule has 8 heteroatoms. The summed E-state index contributed by atoms with van der Waals surface area (Å²) in [4.78, 5) is 12.9. The lowest BCUT2D eigenvalue weighted by Gasteiger charge is -2.30. The first-order valence-corrected chi connectivity index (χ1v) is 13.2. The van der Waals surface area contributed by atoms with Crippen LogP contribution in [-0.4, -0.2) is 36.9 Å². The van der Waals surface area contributed by atoms with Crippen LogP contribution in [0, 0.1) is 33.6 Å². The van der Waals surface area contributed by atoms with Gasteiger partial charge in [0, 0.05) is 24.7 Å². The second kappa shape index (κ2) is 10.2. The van der Waals surface area contributed by atoms with Crippen molar-refractivity contribution in [1.82, 2.24) is 9.46 Å². The predicted octanol–water partition coefficient (Wildman–Crippen LogP) is 5.12. The summed E-state index contributed by atoms with van der Waals surface area (Å²) < 4.78 is 33.8. The Balaban J connectivity index is 1.45. The van der Waals surface area contributed by atoms with Gasteiger partial charge in [-0.3, -0.25) is 4.79 Å². The van der Waals surface area contributed by atoms with Crippen LogP contribution >= 0.6 is 0 Å². The van der Waals surface area contributed by atoms with Crippen LogP contribution in [0.5, 0.6) is 0 Å². The Kier molecular flexibility index (Phi) is 7.23. The monoisotopic (exact) mass is 493 g/mol. The maximum absolute atomic E-state index is 13.5. The number of sulfonamides is 1. The summed E-state index contributed by atoms with van der Waals surface area (Å²) in [5.41, 5.74) is 5.27. The van der Waals surface area contributed by atoms with E-state index in [1.807, 2.05) is 69.3 Å². The molecule has 1 aromatic heterocycles. The van der Waals surface area contributed by atoms with Crippen molar-refractivity contribution in [3.8, 4) is 0 Å². The number of aromatic nitrogens is 1. The second-order valence-electron chi connectivity index (χ2n) is 9.19. The van der Waals surface area contributed by atoms with E-state index in [1.165, 1.54) is 4.31 Å². The molecule has 2 aromatic carbocycles. The van der Waals surface area contributed by atoms with Crippen molar-refractivity contribution >= 4 is 33.8 Å². The SMILES string of the molecule is Cc1ccc(/C=C/c2onc(C)c2S(=O)(=O)N2CCC(C(=O)Nc3cc(C)ccc3C)CC2)cc1. The number of nitrogens with one attached hydrogen (secondary N) is 1. The molecule has 35 heavy (non-hydrogen) atoms. The van der Waals surface area contributed by atoms with Gasteiger partial charge < -0.3 is 9.84 Å². The molecular formula is C27H31N3O4S. The Labute approximate surface area is 206 Å². The topological polar surface area (TPSA) is 92.5 Å². The molecule has 184 valence electrons. The standard InChI is InChI=1S/C27H31N3O4S/c1-18-6-9-22(10-7-18)11-12-25-26(21(4)29-34-25)35(32,33)30-15-13-23(14-16-30)27(31)28-24-17-19(2)5-8-20(24)3/h5-12,17,23H,13-16H2,1-4H3,(H,28,31)/b12-11+. The first-order chi connectivity index (χ1) is 16.6. The minimum Gasteiger partial charge on any atom is -0.355 e. The Morgan fingerprint density at radius 3 is 2.34 bits per heavy atom. The van der Waals surface area contributed by atoms with Gasteiger partial charge >= 0.3 is 0 Å². The molecule has 1 saturated heterocycles. The summed E-state index contributed by atoms with van der Waals surface area (Å²) >= 11 is 0. The van der Waals surface area contributed by atoms with Crippen LogP contribution in [0.15, 0.2) is 51.9 Å². The number of hydrogen-bond acceptors (Lipinski definition) is 5. The third kappa shape index (κ3) is 5.55. The average Bonchev–Trinajstić information content (AvgIpc) is 3.22. The van der Waals surface area contributed by atoms with E-state index >= 15 is 0 Å². The van der Waals surface area contributed by atoms with Crippen molar-refractivity contribution in [2.45, 2.75) is 45.4 Å². The molecule has 0 saturated carbocycles. The molecule has 0 atom stereocenters. The number of carbonyl (C=O) groups is 1. The highest BCUT2D eigenvalue weighted by Gasteiger charge is 2.36. The van der Waals surface area contributed by atoms with E-state index in [1.54, 1.807) is 13.0 Å². The zero-order chi connectivity index (χ0) is 25.2. The van der Waals surface area contributed by atoms with Crippen molar-refractivity contribution < 1.29 is 17.7 Å². The number of anilines is 1. The van der Waals surface area contributed by atoms with Crippen molar-refractivity contribution in [1.29, 1.82) is 0 Å². The number of hydrogen-bond donors (Lipinski definition) is 1. The molecular weight excluding hydrogens is 462 g/mol. The van der Waals surface area contributed by atoms with E-state index in [9.17, 15) is 13.2 Å². The van der Waals surface area contributed by atoms with Gasteiger partial charge in [-0.2, -0.15) is 4.31 Å². The highest BCUT2D eigenvalue weighted by atomic mass is 32.2. The van der Waals surface area contributed by atoms with Gasteiger partial charge in [-0.1, -0.05) is 53.2 Å². The van der Waals surface area contributed by atoms with Gasteiger partial charge in [0.25, 0.3) is 0 Å². The third-order valence-electron chi connectivity index (χ3n) is 6.41. The average molecular weight is 494 g/mol. The zero-order valence-corrected chi connectivity index (χ0v) is 21.4. The van der Waals surface area contributed by atoms with Gasteiger partial charge in [0.05, 0.1) is 0 Å². The first kappa shape index (κ1) is 24.9. The fourth-order valence-electron chi connectivity index (χ4n) is 4.24. The molecule has 2 heterocycles. The van der Waals surface area contributed by atoms with Gasteiger partial charge in [0.2, 0.25) is 15.9 Å². The predicted molar refractivity (Wildman–Crippen MR) is 137 cm³/mol. The lowest BCUT2D eigenvalue weighted by Crippen LogP contribution is -2.41. The Morgan fingerprint density at radius 1 is 1.00 bits per heavy atom. The summed E-state index contributed by atoms with van der Waals surface area (Å²) in [6.45, 7) is 8.10. The fraction of sp³-hybridized carbons (Fsp3) is 0.333. The van der Waals surface area contributed by atoms with Gasteiger partial charge in [-0.05, 0) is 69.4 Å². The number of aryl methyl sites for hydroxylation is 4. The number of rotatable bonds is 6. The molecule has 1 aliphatic heterocycles. The van der Waals surface area contributed by atoms with Crippen LogP contribution in [-0.2, 0) is 14.8 Å². The minimum absolute atomic E-state index is 0.0707. The quantitative estimate of drug-likeness (QED) is 0.515. The van der Waals surface area contributed by atoms with Crippen LogP contribution < -0.4 is 5.32 Å². The molecule has 1 N–H and O–H groups in total. The molecule has 3 aromatic rings. The van der Waals surface area contributed by atoms with Crippen molar-refractivity contribution in [2.75, 3.05) is 18.4 Å². The molecule has 4 rings (SSSR count). The van der Waals surface area contributed by atoms with Crippen LogP contribution in [0.25, 0.3) is 12.2 Å². The molecule has 0 bridgehead atoms. The molecule has 0 radical (unpaired) electrons. The molecule has 0 spiro atoms. The lowest BCUT2D eigenvalue weighted by atomic mass is 9.97. The normalized spacial score (nSPS) is 15.5. The summed E-state index contributed by atoms with van der Waals surface area (Å²) in [7, 11) is -3.82. The number of carbonyl (C=O) groups excluding carboxylic acids is 1. The van der Waals surface area contributed by atoms with Crippen molar-refractivity contribution in [3.63, 3.8) is 0 Å². The minimum atomic E-state index is -3.82. The number of piperidine rings is 1. The van der Waals surface area contributed by atoms with Crippen LogP contribution in [0.3, 0.4) is 0 Å². The van der Waals surface area contributed by atoms with E-state index in [0.717, 1.165) is 27.9 Å². The highest BCUT2D eigenvalue weighted by molar-refractivity contribution is 7.89. The van der Waals surface area contributed by atoms with Gasteiger partial charge in [-0.25, -0.2) is 8.42 Å². The van der Waals surface area contributed by atoms with Crippen molar-refractivity contribution in [3.05, 3.63) is 76.2 Å². The lowest BCUT2D eigenvalue weighted by molar-refractivity contribution is -0.120. The van der Waals surface area contributed by atoms with E-state index in [-0.39, 0.29) is 35.6 Å². The molecule has 1 aliphatic rings. The zero-order valence-electron chi connectivity index (χ0n) is 20.5. The van der Waals surface area contributed by atoms with Crippen LogP contribution in [0.4, 0.5) is 5.69 Å². The van der Waals surface area contributed by atoms with Gasteiger partial charge in [0.1, 0.15) is 5.69 Å². The van der Waals surface area contributed by atoms with E-state index in [4.69, 9.17) is 4.52 Å². The maximum Gasteiger partial charge on any atom is 0.248 e. The summed E-state index contributed by atoms with van der Waals surface area (Å²) in [5.74, 6) is -0.109.